The van der Waals surface area contributed by atoms with Crippen LogP contribution in [0.3, 0.4) is 0 Å². The fourth-order valence-corrected chi connectivity index (χ4v) is 2.36. The van der Waals surface area contributed by atoms with Crippen molar-refractivity contribution in [3.8, 4) is 5.75 Å². The third-order valence-corrected chi connectivity index (χ3v) is 3.49. The van der Waals surface area contributed by atoms with E-state index in [2.05, 4.69) is 10.6 Å². The molecular formula is C16H17N3O2. The van der Waals surface area contributed by atoms with Gasteiger partial charge in [-0.15, -0.1) is 0 Å². The monoisotopic (exact) mass is 283 g/mol. The Kier molecular flexibility index (Phi) is 3.64. The van der Waals surface area contributed by atoms with Crippen molar-refractivity contribution in [3.63, 3.8) is 0 Å². The molecule has 0 spiro atoms. The molecular weight excluding hydrogens is 266 g/mol. The van der Waals surface area contributed by atoms with Crippen LogP contribution < -0.4 is 15.5 Å². The van der Waals surface area contributed by atoms with Crippen molar-refractivity contribution in [1.82, 2.24) is 5.32 Å². The Balaban J connectivity index is 1.72. The highest BCUT2D eigenvalue weighted by Gasteiger charge is 2.20. The van der Waals surface area contributed by atoms with Gasteiger partial charge in [-0.1, -0.05) is 24.3 Å². The van der Waals surface area contributed by atoms with E-state index in [-0.39, 0.29) is 11.8 Å². The van der Waals surface area contributed by atoms with Gasteiger partial charge in [-0.05, 0) is 24.3 Å². The van der Waals surface area contributed by atoms with Gasteiger partial charge in [0.1, 0.15) is 5.75 Å². The molecule has 2 aromatic carbocycles. The number of nitrogens with zero attached hydrogens (tertiary/aromatic N) is 1. The SMILES string of the molecule is O=C1NCCN1c1cccc(NCc2ccccc2O)c1. The van der Waals surface area contributed by atoms with Crippen LogP contribution in [0.1, 0.15) is 5.56 Å². The first-order valence-electron chi connectivity index (χ1n) is 6.90. The molecule has 2 aromatic rings. The Morgan fingerprint density at radius 3 is 2.81 bits per heavy atom. The predicted octanol–water partition coefficient (Wildman–Crippen LogP) is 2.53. The van der Waals surface area contributed by atoms with Crippen LogP contribution in [-0.4, -0.2) is 24.2 Å². The summed E-state index contributed by atoms with van der Waals surface area (Å²) < 4.78 is 0. The molecule has 1 fully saturated rings. The molecule has 5 nitrogen and oxygen atoms in total. The van der Waals surface area contributed by atoms with E-state index in [1.807, 2.05) is 36.4 Å². The summed E-state index contributed by atoms with van der Waals surface area (Å²) >= 11 is 0. The van der Waals surface area contributed by atoms with Crippen LogP contribution in [0.2, 0.25) is 0 Å². The first-order valence-corrected chi connectivity index (χ1v) is 6.90. The summed E-state index contributed by atoms with van der Waals surface area (Å²) in [7, 11) is 0. The van der Waals surface area contributed by atoms with Gasteiger partial charge < -0.3 is 15.7 Å². The number of anilines is 2. The number of amides is 2. The minimum atomic E-state index is -0.0622. The molecule has 3 rings (SSSR count). The van der Waals surface area contributed by atoms with Gasteiger partial charge in [-0.3, -0.25) is 4.90 Å². The number of hydrogen-bond donors (Lipinski definition) is 3. The Labute approximate surface area is 123 Å². The molecule has 0 atom stereocenters. The molecule has 5 heteroatoms. The van der Waals surface area contributed by atoms with E-state index in [9.17, 15) is 9.90 Å². The van der Waals surface area contributed by atoms with Crippen molar-refractivity contribution >= 4 is 17.4 Å². The molecule has 0 aromatic heterocycles. The molecule has 0 saturated carbocycles. The maximum Gasteiger partial charge on any atom is 0.321 e. The van der Waals surface area contributed by atoms with Crippen molar-refractivity contribution in [1.29, 1.82) is 0 Å². The standard InChI is InChI=1S/C16H17N3O2/c20-15-7-2-1-4-12(15)11-18-13-5-3-6-14(10-13)19-9-8-17-16(19)21/h1-7,10,18,20H,8-9,11H2,(H,17,21). The second-order valence-electron chi connectivity index (χ2n) is 4.92. The van der Waals surface area contributed by atoms with Crippen molar-refractivity contribution in [3.05, 3.63) is 54.1 Å². The number of benzene rings is 2. The molecule has 0 unspecified atom stereocenters. The van der Waals surface area contributed by atoms with E-state index in [0.29, 0.717) is 19.6 Å². The smallest absolute Gasteiger partial charge is 0.321 e. The molecule has 1 saturated heterocycles. The summed E-state index contributed by atoms with van der Waals surface area (Å²) in [6, 6.07) is 14.9. The highest BCUT2D eigenvalue weighted by atomic mass is 16.3. The van der Waals surface area contributed by atoms with Crippen molar-refractivity contribution in [2.45, 2.75) is 6.54 Å². The molecule has 0 aliphatic carbocycles. The topological polar surface area (TPSA) is 64.6 Å². The lowest BCUT2D eigenvalue weighted by atomic mass is 10.2. The Morgan fingerprint density at radius 2 is 2.05 bits per heavy atom. The number of carbonyl (C=O) groups is 1. The fourth-order valence-electron chi connectivity index (χ4n) is 2.36. The lowest BCUT2D eigenvalue weighted by Gasteiger charge is -2.16. The largest absolute Gasteiger partial charge is 0.508 e. The van der Waals surface area contributed by atoms with Gasteiger partial charge in [0.15, 0.2) is 0 Å². The normalized spacial score (nSPS) is 14.1. The first-order chi connectivity index (χ1) is 10.2. The van der Waals surface area contributed by atoms with Crippen LogP contribution in [0, 0.1) is 0 Å². The van der Waals surface area contributed by atoms with Crippen LogP contribution in [0.25, 0.3) is 0 Å². The number of rotatable bonds is 4. The maximum atomic E-state index is 11.7. The van der Waals surface area contributed by atoms with Gasteiger partial charge in [0.05, 0.1) is 0 Å². The number of aromatic hydroxyl groups is 1. The molecule has 0 radical (unpaired) electrons. The van der Waals surface area contributed by atoms with Crippen LogP contribution in [0.5, 0.6) is 5.75 Å². The third-order valence-electron chi connectivity index (χ3n) is 3.49. The Hall–Kier alpha value is -2.69. The number of nitrogens with one attached hydrogen (secondary N) is 2. The fraction of sp³-hybridized carbons (Fsp3) is 0.188. The number of urea groups is 1. The van der Waals surface area contributed by atoms with Gasteiger partial charge >= 0.3 is 6.03 Å². The van der Waals surface area contributed by atoms with Gasteiger partial charge in [-0.2, -0.15) is 0 Å². The van der Waals surface area contributed by atoms with Crippen LogP contribution >= 0.6 is 0 Å². The zero-order chi connectivity index (χ0) is 14.7. The van der Waals surface area contributed by atoms with Crippen LogP contribution in [0.15, 0.2) is 48.5 Å². The molecule has 0 bridgehead atoms. The summed E-state index contributed by atoms with van der Waals surface area (Å²) in [5.74, 6) is 0.278. The summed E-state index contributed by atoms with van der Waals surface area (Å²) in [5, 5.41) is 15.8. The van der Waals surface area contributed by atoms with Gasteiger partial charge in [0, 0.05) is 36.6 Å². The zero-order valence-corrected chi connectivity index (χ0v) is 11.5. The van der Waals surface area contributed by atoms with E-state index < -0.39 is 0 Å². The number of para-hydroxylation sites is 1. The minimum Gasteiger partial charge on any atom is -0.508 e. The molecule has 108 valence electrons. The molecule has 1 heterocycles. The lowest BCUT2D eigenvalue weighted by Crippen LogP contribution is -2.27. The number of hydrogen-bond acceptors (Lipinski definition) is 3. The van der Waals surface area contributed by atoms with Crippen molar-refractivity contribution in [2.75, 3.05) is 23.3 Å². The van der Waals surface area contributed by atoms with E-state index in [0.717, 1.165) is 16.9 Å². The Morgan fingerprint density at radius 1 is 1.19 bits per heavy atom. The summed E-state index contributed by atoms with van der Waals surface area (Å²) in [6.07, 6.45) is 0. The van der Waals surface area contributed by atoms with E-state index >= 15 is 0 Å². The zero-order valence-electron chi connectivity index (χ0n) is 11.5. The second-order valence-corrected chi connectivity index (χ2v) is 4.92. The predicted molar refractivity (Wildman–Crippen MR) is 82.6 cm³/mol. The maximum absolute atomic E-state index is 11.7. The van der Waals surface area contributed by atoms with Gasteiger partial charge in [0.2, 0.25) is 0 Å². The Bertz CT molecular complexity index is 657. The summed E-state index contributed by atoms with van der Waals surface area (Å²) in [5.41, 5.74) is 2.62. The molecule has 1 aliphatic rings. The average Bonchev–Trinajstić information content (AvgIpc) is 2.93. The first kappa shape index (κ1) is 13.3. The molecule has 1 aliphatic heterocycles. The van der Waals surface area contributed by atoms with E-state index in [1.54, 1.807) is 17.0 Å². The molecule has 21 heavy (non-hydrogen) atoms. The van der Waals surface area contributed by atoms with Crippen molar-refractivity contribution in [2.24, 2.45) is 0 Å². The highest BCUT2D eigenvalue weighted by molar-refractivity contribution is 5.94. The van der Waals surface area contributed by atoms with Crippen molar-refractivity contribution < 1.29 is 9.90 Å². The highest BCUT2D eigenvalue weighted by Crippen LogP contribution is 2.22. The van der Waals surface area contributed by atoms with Crippen LogP contribution in [0.4, 0.5) is 16.2 Å². The minimum absolute atomic E-state index is 0.0622. The van der Waals surface area contributed by atoms with Crippen LogP contribution in [-0.2, 0) is 6.54 Å². The number of phenolic OH excluding ortho intramolecular Hbond substituents is 1. The van der Waals surface area contributed by atoms with Gasteiger partial charge in [0.25, 0.3) is 0 Å². The molecule has 2 amide bonds. The third kappa shape index (κ3) is 2.91. The molecule has 3 N–H and O–H groups in total. The number of phenols is 1. The van der Waals surface area contributed by atoms with E-state index in [1.165, 1.54) is 0 Å². The average molecular weight is 283 g/mol. The van der Waals surface area contributed by atoms with Gasteiger partial charge in [-0.25, -0.2) is 4.79 Å². The summed E-state index contributed by atoms with van der Waals surface area (Å²) in [4.78, 5) is 13.4. The van der Waals surface area contributed by atoms with E-state index in [4.69, 9.17) is 0 Å². The summed E-state index contributed by atoms with van der Waals surface area (Å²) in [6.45, 7) is 1.89. The lowest BCUT2D eigenvalue weighted by molar-refractivity contribution is 0.252. The quantitative estimate of drug-likeness (QED) is 0.808. The number of carbonyl (C=O) groups excluding carboxylic acids is 1. The second kappa shape index (κ2) is 5.75.